The van der Waals surface area contributed by atoms with Crippen molar-refractivity contribution in [2.24, 2.45) is 0 Å². The Balaban J connectivity index is 1.26. The van der Waals surface area contributed by atoms with Crippen molar-refractivity contribution in [2.75, 3.05) is 24.7 Å². The Morgan fingerprint density at radius 1 is 0.978 bits per heavy atom. The van der Waals surface area contributed by atoms with E-state index in [-0.39, 0.29) is 16.5 Å². The first-order valence-electron chi connectivity index (χ1n) is 14.4. The monoisotopic (exact) mass is 637 g/mol. The van der Waals surface area contributed by atoms with Crippen LogP contribution in [-0.2, 0) is 15.3 Å². The zero-order valence-corrected chi connectivity index (χ0v) is 25.8. The highest BCUT2D eigenvalue weighted by atomic mass is 32.2. The molecule has 1 saturated heterocycles. The van der Waals surface area contributed by atoms with Crippen LogP contribution in [0.1, 0.15) is 29.7 Å². The molecule has 2 aliphatic rings. The Hall–Kier alpha value is -4.87. The molecule has 1 aromatic heterocycles. The number of benzene rings is 4. The molecule has 9 nitrogen and oxygen atoms in total. The summed E-state index contributed by atoms with van der Waals surface area (Å²) in [7, 11) is 0. The van der Waals surface area contributed by atoms with Crippen LogP contribution in [0.4, 0.5) is 5.13 Å². The van der Waals surface area contributed by atoms with Gasteiger partial charge in [-0.15, -0.1) is 10.2 Å². The van der Waals surface area contributed by atoms with Gasteiger partial charge in [0.2, 0.25) is 5.13 Å². The minimum Gasteiger partial charge on any atom is -0.507 e. The van der Waals surface area contributed by atoms with Gasteiger partial charge in [-0.3, -0.25) is 14.5 Å². The molecule has 1 unspecified atom stereocenters. The summed E-state index contributed by atoms with van der Waals surface area (Å²) in [6.07, 6.45) is 0. The number of aliphatic hydroxyl groups excluding tert-OH is 1. The van der Waals surface area contributed by atoms with Crippen molar-refractivity contribution in [2.45, 2.75) is 23.1 Å². The molecule has 226 valence electrons. The number of hydrogen-bond acceptors (Lipinski definition) is 10. The SMILES string of the molecule is CCOc1cccc(C2/C(=C(\O)c3ccc4c(c3)OCCO4)C(=O)C(=O)N2c2nnc(SCc3cccc4ccccc34)s2)c1. The molecule has 4 aromatic carbocycles. The summed E-state index contributed by atoms with van der Waals surface area (Å²) in [6.45, 7) is 3.10. The average Bonchev–Trinajstić information content (AvgIpc) is 3.65. The highest BCUT2D eigenvalue weighted by molar-refractivity contribution is 8.00. The molecule has 11 heteroatoms. The number of carbonyl (C=O) groups is 2. The number of ether oxygens (including phenoxy) is 3. The maximum atomic E-state index is 13.7. The average molecular weight is 638 g/mol. The van der Waals surface area contributed by atoms with Gasteiger partial charge in [0.25, 0.3) is 5.78 Å². The maximum absolute atomic E-state index is 13.7. The van der Waals surface area contributed by atoms with Gasteiger partial charge >= 0.3 is 5.91 Å². The molecule has 0 bridgehead atoms. The van der Waals surface area contributed by atoms with Crippen LogP contribution in [0.2, 0.25) is 0 Å². The molecule has 1 amide bonds. The Bertz CT molecular complexity index is 1970. The number of aliphatic hydroxyl groups is 1. The summed E-state index contributed by atoms with van der Waals surface area (Å²) in [6, 6.07) is 25.5. The summed E-state index contributed by atoms with van der Waals surface area (Å²) in [5, 5.41) is 22.9. The van der Waals surface area contributed by atoms with Gasteiger partial charge in [0.1, 0.15) is 24.7 Å². The first-order valence-corrected chi connectivity index (χ1v) is 16.2. The van der Waals surface area contributed by atoms with Gasteiger partial charge in [-0.1, -0.05) is 77.7 Å². The number of ketones is 1. The highest BCUT2D eigenvalue weighted by Crippen LogP contribution is 2.45. The third-order valence-corrected chi connectivity index (χ3v) is 9.68. The Morgan fingerprint density at radius 3 is 2.64 bits per heavy atom. The lowest BCUT2D eigenvalue weighted by Crippen LogP contribution is -2.29. The second-order valence-electron chi connectivity index (χ2n) is 10.3. The van der Waals surface area contributed by atoms with Crippen molar-refractivity contribution in [3.63, 3.8) is 0 Å². The third-order valence-electron chi connectivity index (χ3n) is 7.58. The number of Topliss-reactive ketones (excluding diaryl/α,β-unsaturated/α-hetero) is 1. The number of anilines is 1. The number of aromatic nitrogens is 2. The van der Waals surface area contributed by atoms with Gasteiger partial charge in [0.15, 0.2) is 15.8 Å². The fraction of sp³-hybridized carbons (Fsp3) is 0.176. The molecular formula is C34H27N3O6S2. The predicted octanol–water partition coefficient (Wildman–Crippen LogP) is 6.78. The lowest BCUT2D eigenvalue weighted by molar-refractivity contribution is -0.132. The van der Waals surface area contributed by atoms with E-state index in [2.05, 4.69) is 34.5 Å². The zero-order chi connectivity index (χ0) is 30.9. The van der Waals surface area contributed by atoms with Crippen LogP contribution in [0, 0.1) is 0 Å². The van der Waals surface area contributed by atoms with E-state index in [0.29, 0.717) is 58.3 Å². The van der Waals surface area contributed by atoms with Crippen molar-refractivity contribution in [1.29, 1.82) is 0 Å². The molecule has 1 fully saturated rings. The fourth-order valence-corrected chi connectivity index (χ4v) is 7.42. The van der Waals surface area contributed by atoms with Crippen molar-refractivity contribution >= 4 is 56.5 Å². The number of fused-ring (bicyclic) bond motifs is 2. The van der Waals surface area contributed by atoms with Crippen LogP contribution in [0.25, 0.3) is 16.5 Å². The topological polar surface area (TPSA) is 111 Å². The van der Waals surface area contributed by atoms with Crippen LogP contribution in [0.3, 0.4) is 0 Å². The number of rotatable bonds is 8. The molecule has 45 heavy (non-hydrogen) atoms. The van der Waals surface area contributed by atoms with E-state index in [0.717, 1.165) is 16.3 Å². The summed E-state index contributed by atoms with van der Waals surface area (Å²) >= 11 is 2.73. The van der Waals surface area contributed by atoms with Crippen molar-refractivity contribution in [3.8, 4) is 17.2 Å². The van der Waals surface area contributed by atoms with Gasteiger partial charge in [0.05, 0.1) is 18.2 Å². The summed E-state index contributed by atoms with van der Waals surface area (Å²) in [5.41, 5.74) is 2.00. The number of carbonyl (C=O) groups excluding carboxylic acids is 2. The van der Waals surface area contributed by atoms with Crippen LogP contribution < -0.4 is 19.1 Å². The zero-order valence-electron chi connectivity index (χ0n) is 24.1. The van der Waals surface area contributed by atoms with E-state index in [1.807, 2.05) is 25.1 Å². The molecular weight excluding hydrogens is 611 g/mol. The second kappa shape index (κ2) is 12.3. The first kappa shape index (κ1) is 28.9. The third kappa shape index (κ3) is 5.49. The lowest BCUT2D eigenvalue weighted by atomic mass is 9.95. The van der Waals surface area contributed by atoms with E-state index in [9.17, 15) is 14.7 Å². The highest BCUT2D eigenvalue weighted by Gasteiger charge is 2.48. The Morgan fingerprint density at radius 2 is 1.78 bits per heavy atom. The van der Waals surface area contributed by atoms with Crippen LogP contribution in [-0.4, -0.2) is 46.8 Å². The summed E-state index contributed by atoms with van der Waals surface area (Å²) < 4.78 is 17.7. The van der Waals surface area contributed by atoms with E-state index < -0.39 is 17.7 Å². The first-order chi connectivity index (χ1) is 22.0. The molecule has 1 atom stereocenters. The number of thioether (sulfide) groups is 1. The molecule has 5 aromatic rings. The molecule has 1 N–H and O–H groups in total. The molecule has 0 aliphatic carbocycles. The number of nitrogens with zero attached hydrogens (tertiary/aromatic N) is 3. The molecule has 2 aliphatic heterocycles. The summed E-state index contributed by atoms with van der Waals surface area (Å²) in [5.74, 6) is 0.266. The Kier molecular flexibility index (Phi) is 7.86. The largest absolute Gasteiger partial charge is 0.507 e. The molecule has 0 radical (unpaired) electrons. The number of amides is 1. The van der Waals surface area contributed by atoms with Crippen LogP contribution in [0.15, 0.2) is 94.8 Å². The standard InChI is InChI=1S/C34H27N3O6S2/c1-2-41-24-11-6-9-21(17-24)29-28(30(38)22-13-14-26-27(18-22)43-16-15-42-26)31(39)32(40)37(29)33-35-36-34(45-33)44-19-23-10-5-8-20-7-3-4-12-25(20)23/h3-14,17-18,29,38H,2,15-16,19H2,1H3/b30-28+. The van der Waals surface area contributed by atoms with Crippen molar-refractivity contribution in [3.05, 3.63) is 107 Å². The van der Waals surface area contributed by atoms with Gasteiger partial charge in [-0.2, -0.15) is 0 Å². The van der Waals surface area contributed by atoms with Gasteiger partial charge in [-0.25, -0.2) is 0 Å². The fourth-order valence-electron chi connectivity index (χ4n) is 5.55. The normalized spacial score (nSPS) is 17.2. The molecule has 7 rings (SSSR count). The lowest BCUT2D eigenvalue weighted by Gasteiger charge is -2.23. The summed E-state index contributed by atoms with van der Waals surface area (Å²) in [4.78, 5) is 28.7. The number of hydrogen-bond donors (Lipinski definition) is 1. The minimum absolute atomic E-state index is 0.0644. The van der Waals surface area contributed by atoms with Crippen molar-refractivity contribution < 1.29 is 28.9 Å². The predicted molar refractivity (Wildman–Crippen MR) is 173 cm³/mol. The molecule has 0 saturated carbocycles. The van der Waals surface area contributed by atoms with Crippen LogP contribution >= 0.6 is 23.1 Å². The minimum atomic E-state index is -0.970. The van der Waals surface area contributed by atoms with Gasteiger partial charge in [-0.05, 0) is 59.2 Å². The van der Waals surface area contributed by atoms with E-state index in [4.69, 9.17) is 14.2 Å². The second-order valence-corrected chi connectivity index (χ2v) is 12.5. The van der Waals surface area contributed by atoms with Gasteiger partial charge < -0.3 is 19.3 Å². The Labute approximate surface area is 267 Å². The molecule has 0 spiro atoms. The smallest absolute Gasteiger partial charge is 0.301 e. The van der Waals surface area contributed by atoms with E-state index in [1.54, 1.807) is 42.5 Å². The van der Waals surface area contributed by atoms with E-state index in [1.165, 1.54) is 28.0 Å². The van der Waals surface area contributed by atoms with Crippen molar-refractivity contribution in [1.82, 2.24) is 10.2 Å². The maximum Gasteiger partial charge on any atom is 0.301 e. The van der Waals surface area contributed by atoms with Gasteiger partial charge in [0, 0.05) is 11.3 Å². The quantitative estimate of drug-likeness (QED) is 0.0647. The van der Waals surface area contributed by atoms with Crippen LogP contribution in [0.5, 0.6) is 17.2 Å². The molecule has 3 heterocycles. The van der Waals surface area contributed by atoms with E-state index >= 15 is 0 Å².